The molecule has 102 valence electrons. The molecule has 0 saturated carbocycles. The SMILES string of the molecule is Cc1cc2c(NC(C)Cc3ccccc3)nccn2n1. The van der Waals surface area contributed by atoms with Crippen molar-refractivity contribution in [3.8, 4) is 0 Å². The summed E-state index contributed by atoms with van der Waals surface area (Å²) >= 11 is 0. The molecule has 0 amide bonds. The van der Waals surface area contributed by atoms with Gasteiger partial charge in [0.25, 0.3) is 0 Å². The maximum Gasteiger partial charge on any atom is 0.152 e. The molecule has 0 saturated heterocycles. The third-order valence-electron chi connectivity index (χ3n) is 3.28. The lowest BCUT2D eigenvalue weighted by molar-refractivity contribution is 0.783. The summed E-state index contributed by atoms with van der Waals surface area (Å²) in [5.74, 6) is 0.886. The maximum atomic E-state index is 4.43. The molecular formula is C16H18N4. The van der Waals surface area contributed by atoms with Crippen LogP contribution in [0.2, 0.25) is 0 Å². The van der Waals surface area contributed by atoms with Crippen LogP contribution >= 0.6 is 0 Å². The molecule has 2 aromatic heterocycles. The number of nitrogens with zero attached hydrogens (tertiary/aromatic N) is 3. The van der Waals surface area contributed by atoms with Gasteiger partial charge in [-0.25, -0.2) is 9.50 Å². The van der Waals surface area contributed by atoms with E-state index in [-0.39, 0.29) is 0 Å². The molecule has 4 heteroatoms. The van der Waals surface area contributed by atoms with E-state index in [0.29, 0.717) is 6.04 Å². The smallest absolute Gasteiger partial charge is 0.152 e. The van der Waals surface area contributed by atoms with E-state index in [1.54, 1.807) is 6.20 Å². The van der Waals surface area contributed by atoms with E-state index in [2.05, 4.69) is 46.6 Å². The Morgan fingerprint density at radius 1 is 1.25 bits per heavy atom. The number of benzene rings is 1. The number of aromatic nitrogens is 3. The monoisotopic (exact) mass is 266 g/mol. The van der Waals surface area contributed by atoms with Crippen LogP contribution in [0.3, 0.4) is 0 Å². The lowest BCUT2D eigenvalue weighted by Gasteiger charge is -2.15. The maximum absolute atomic E-state index is 4.43. The van der Waals surface area contributed by atoms with Gasteiger partial charge in [-0.3, -0.25) is 0 Å². The normalized spacial score (nSPS) is 12.5. The molecule has 0 spiro atoms. The van der Waals surface area contributed by atoms with E-state index in [1.807, 2.05) is 29.8 Å². The molecule has 1 unspecified atom stereocenters. The van der Waals surface area contributed by atoms with Gasteiger partial charge in [0.15, 0.2) is 5.82 Å². The first-order chi connectivity index (χ1) is 9.72. The van der Waals surface area contributed by atoms with E-state index >= 15 is 0 Å². The Bertz CT molecular complexity index is 703. The number of hydrogen-bond acceptors (Lipinski definition) is 3. The molecule has 3 rings (SSSR count). The van der Waals surface area contributed by atoms with Crippen molar-refractivity contribution in [2.75, 3.05) is 5.32 Å². The summed E-state index contributed by atoms with van der Waals surface area (Å²) < 4.78 is 1.86. The second kappa shape index (κ2) is 5.33. The Morgan fingerprint density at radius 2 is 2.05 bits per heavy atom. The number of rotatable bonds is 4. The number of nitrogens with one attached hydrogen (secondary N) is 1. The van der Waals surface area contributed by atoms with Crippen LogP contribution in [-0.2, 0) is 6.42 Å². The lowest BCUT2D eigenvalue weighted by atomic mass is 10.1. The van der Waals surface area contributed by atoms with Crippen LogP contribution in [0.1, 0.15) is 18.2 Å². The highest BCUT2D eigenvalue weighted by Crippen LogP contribution is 2.16. The minimum Gasteiger partial charge on any atom is -0.365 e. The standard InChI is InChI=1S/C16H18N4/c1-12(10-14-6-4-3-5-7-14)18-16-15-11-13(2)19-20(15)9-8-17-16/h3-9,11-12H,10H2,1-2H3,(H,17,18). The summed E-state index contributed by atoms with van der Waals surface area (Å²) in [4.78, 5) is 4.43. The van der Waals surface area contributed by atoms with Crippen molar-refractivity contribution in [2.45, 2.75) is 26.3 Å². The van der Waals surface area contributed by atoms with Crippen molar-refractivity contribution in [1.29, 1.82) is 0 Å². The van der Waals surface area contributed by atoms with Gasteiger partial charge >= 0.3 is 0 Å². The minimum absolute atomic E-state index is 0.311. The molecule has 0 aliphatic rings. The molecule has 20 heavy (non-hydrogen) atoms. The van der Waals surface area contributed by atoms with Crippen LogP contribution < -0.4 is 5.32 Å². The topological polar surface area (TPSA) is 42.2 Å². The second-order valence-corrected chi connectivity index (χ2v) is 5.13. The van der Waals surface area contributed by atoms with Crippen molar-refractivity contribution >= 4 is 11.3 Å². The van der Waals surface area contributed by atoms with Gasteiger partial charge < -0.3 is 5.32 Å². The van der Waals surface area contributed by atoms with Crippen LogP contribution in [0.15, 0.2) is 48.8 Å². The largest absolute Gasteiger partial charge is 0.365 e. The van der Waals surface area contributed by atoms with Gasteiger partial charge in [0.1, 0.15) is 5.52 Å². The van der Waals surface area contributed by atoms with Crippen molar-refractivity contribution in [1.82, 2.24) is 14.6 Å². The summed E-state index contributed by atoms with van der Waals surface area (Å²) in [6, 6.07) is 12.8. The zero-order valence-corrected chi connectivity index (χ0v) is 11.7. The average Bonchev–Trinajstić information content (AvgIpc) is 2.81. The average molecular weight is 266 g/mol. The van der Waals surface area contributed by atoms with Crippen LogP contribution in [0.25, 0.3) is 5.52 Å². The number of aryl methyl sites for hydroxylation is 1. The Morgan fingerprint density at radius 3 is 2.85 bits per heavy atom. The van der Waals surface area contributed by atoms with E-state index in [4.69, 9.17) is 0 Å². The van der Waals surface area contributed by atoms with Crippen molar-refractivity contribution in [3.63, 3.8) is 0 Å². The Labute approximate surface area is 118 Å². The van der Waals surface area contributed by atoms with Crippen LogP contribution in [-0.4, -0.2) is 20.6 Å². The number of hydrogen-bond donors (Lipinski definition) is 1. The van der Waals surface area contributed by atoms with Gasteiger partial charge in [-0.15, -0.1) is 0 Å². The molecule has 2 heterocycles. The van der Waals surface area contributed by atoms with Crippen molar-refractivity contribution in [3.05, 3.63) is 60.0 Å². The lowest BCUT2D eigenvalue weighted by Crippen LogP contribution is -2.19. The van der Waals surface area contributed by atoms with E-state index in [0.717, 1.165) is 23.4 Å². The molecule has 1 N–H and O–H groups in total. The molecular weight excluding hydrogens is 248 g/mol. The highest BCUT2D eigenvalue weighted by atomic mass is 15.2. The van der Waals surface area contributed by atoms with Gasteiger partial charge in [0.2, 0.25) is 0 Å². The fourth-order valence-corrected chi connectivity index (χ4v) is 2.41. The Hall–Kier alpha value is -2.36. The first kappa shape index (κ1) is 12.7. The van der Waals surface area contributed by atoms with Crippen LogP contribution in [0.4, 0.5) is 5.82 Å². The molecule has 4 nitrogen and oxygen atoms in total. The minimum atomic E-state index is 0.311. The molecule has 1 aromatic carbocycles. The van der Waals surface area contributed by atoms with Crippen molar-refractivity contribution < 1.29 is 0 Å². The van der Waals surface area contributed by atoms with E-state index < -0.39 is 0 Å². The first-order valence-corrected chi connectivity index (χ1v) is 6.84. The predicted octanol–water partition coefficient (Wildman–Crippen LogP) is 3.08. The molecule has 1 atom stereocenters. The van der Waals surface area contributed by atoms with Gasteiger partial charge in [0.05, 0.1) is 5.69 Å². The van der Waals surface area contributed by atoms with Gasteiger partial charge in [-0.05, 0) is 31.9 Å². The summed E-state index contributed by atoms with van der Waals surface area (Å²) in [5, 5.41) is 7.88. The summed E-state index contributed by atoms with van der Waals surface area (Å²) in [5.41, 5.74) is 3.34. The van der Waals surface area contributed by atoms with Gasteiger partial charge in [0, 0.05) is 18.4 Å². The molecule has 0 aliphatic heterocycles. The quantitative estimate of drug-likeness (QED) is 0.789. The third-order valence-corrected chi connectivity index (χ3v) is 3.28. The first-order valence-electron chi connectivity index (χ1n) is 6.84. The van der Waals surface area contributed by atoms with Crippen LogP contribution in [0, 0.1) is 6.92 Å². The molecule has 3 aromatic rings. The summed E-state index contributed by atoms with van der Waals surface area (Å²) in [6.45, 7) is 4.16. The van der Waals surface area contributed by atoms with Crippen molar-refractivity contribution in [2.24, 2.45) is 0 Å². The molecule has 0 fully saturated rings. The number of fused-ring (bicyclic) bond motifs is 1. The highest BCUT2D eigenvalue weighted by molar-refractivity contribution is 5.68. The third kappa shape index (κ3) is 2.64. The Balaban J connectivity index is 1.79. The fourth-order valence-electron chi connectivity index (χ4n) is 2.41. The second-order valence-electron chi connectivity index (χ2n) is 5.13. The van der Waals surface area contributed by atoms with E-state index in [1.165, 1.54) is 5.56 Å². The van der Waals surface area contributed by atoms with Crippen LogP contribution in [0.5, 0.6) is 0 Å². The molecule has 0 radical (unpaired) electrons. The van der Waals surface area contributed by atoms with Gasteiger partial charge in [-0.2, -0.15) is 5.10 Å². The van der Waals surface area contributed by atoms with Gasteiger partial charge in [-0.1, -0.05) is 30.3 Å². The predicted molar refractivity (Wildman–Crippen MR) is 81.0 cm³/mol. The zero-order chi connectivity index (χ0) is 13.9. The Kier molecular flexibility index (Phi) is 3.37. The fraction of sp³-hybridized carbons (Fsp3) is 0.250. The number of anilines is 1. The zero-order valence-electron chi connectivity index (χ0n) is 11.7. The summed E-state index contributed by atoms with van der Waals surface area (Å²) in [6.07, 6.45) is 4.61. The molecule has 0 bridgehead atoms. The van der Waals surface area contributed by atoms with E-state index in [9.17, 15) is 0 Å². The summed E-state index contributed by atoms with van der Waals surface area (Å²) in [7, 11) is 0. The molecule has 0 aliphatic carbocycles. The highest BCUT2D eigenvalue weighted by Gasteiger charge is 2.09.